The standard InChI is InChI=1S/C11H16BrFN2O2/c1-11(16,3-4-17-2)7-15-10-9(13)5-8(12)6-14-10/h5-6,16H,3-4,7H2,1-2H3,(H,14,15). The second-order valence-corrected chi connectivity index (χ2v) is 4.99. The molecule has 1 atom stereocenters. The van der Waals surface area contributed by atoms with Gasteiger partial charge in [0.25, 0.3) is 0 Å². The fourth-order valence-electron chi connectivity index (χ4n) is 1.23. The molecule has 0 spiro atoms. The van der Waals surface area contributed by atoms with Crippen molar-refractivity contribution in [1.82, 2.24) is 4.98 Å². The lowest BCUT2D eigenvalue weighted by Gasteiger charge is -2.23. The van der Waals surface area contributed by atoms with E-state index in [9.17, 15) is 9.50 Å². The Morgan fingerprint density at radius 3 is 2.94 bits per heavy atom. The summed E-state index contributed by atoms with van der Waals surface area (Å²) in [5.41, 5.74) is -0.961. The molecule has 0 saturated carbocycles. The van der Waals surface area contributed by atoms with Crippen LogP contribution in [0.2, 0.25) is 0 Å². The summed E-state index contributed by atoms with van der Waals surface area (Å²) in [5.74, 6) is -0.326. The first kappa shape index (κ1) is 14.3. The summed E-state index contributed by atoms with van der Waals surface area (Å²) in [6, 6.07) is 1.32. The lowest BCUT2D eigenvalue weighted by molar-refractivity contribution is 0.0356. The van der Waals surface area contributed by atoms with Crippen molar-refractivity contribution in [3.05, 3.63) is 22.6 Å². The molecule has 1 heterocycles. The van der Waals surface area contributed by atoms with Crippen LogP contribution >= 0.6 is 15.9 Å². The van der Waals surface area contributed by atoms with Crippen LogP contribution in [0, 0.1) is 5.82 Å². The van der Waals surface area contributed by atoms with Crippen molar-refractivity contribution in [2.75, 3.05) is 25.6 Å². The molecule has 0 aliphatic carbocycles. The zero-order valence-corrected chi connectivity index (χ0v) is 11.4. The van der Waals surface area contributed by atoms with Crippen LogP contribution in [0.4, 0.5) is 10.2 Å². The monoisotopic (exact) mass is 306 g/mol. The highest BCUT2D eigenvalue weighted by atomic mass is 79.9. The van der Waals surface area contributed by atoms with Crippen LogP contribution in [0.15, 0.2) is 16.7 Å². The lowest BCUT2D eigenvalue weighted by Crippen LogP contribution is -2.35. The van der Waals surface area contributed by atoms with Crippen LogP contribution in [-0.2, 0) is 4.74 Å². The van der Waals surface area contributed by atoms with Crippen LogP contribution in [0.25, 0.3) is 0 Å². The molecule has 0 bridgehead atoms. The molecule has 17 heavy (non-hydrogen) atoms. The number of hydrogen-bond donors (Lipinski definition) is 2. The highest BCUT2D eigenvalue weighted by Crippen LogP contribution is 2.17. The second kappa shape index (κ2) is 6.28. The second-order valence-electron chi connectivity index (χ2n) is 4.08. The summed E-state index contributed by atoms with van der Waals surface area (Å²) >= 11 is 3.12. The Bertz CT molecular complexity index is 374. The number of halogens is 2. The average molecular weight is 307 g/mol. The van der Waals surface area contributed by atoms with Gasteiger partial charge in [0.2, 0.25) is 0 Å². The van der Waals surface area contributed by atoms with Gasteiger partial charge in [-0.25, -0.2) is 9.37 Å². The normalized spacial score (nSPS) is 14.4. The summed E-state index contributed by atoms with van der Waals surface area (Å²) in [4.78, 5) is 3.89. The van der Waals surface area contributed by atoms with E-state index in [4.69, 9.17) is 4.74 Å². The van der Waals surface area contributed by atoms with Crippen LogP contribution in [0.1, 0.15) is 13.3 Å². The Morgan fingerprint density at radius 1 is 1.65 bits per heavy atom. The quantitative estimate of drug-likeness (QED) is 0.846. The number of methoxy groups -OCH3 is 1. The molecule has 0 fully saturated rings. The molecule has 0 saturated heterocycles. The molecular formula is C11H16BrFN2O2. The maximum Gasteiger partial charge on any atom is 0.166 e. The summed E-state index contributed by atoms with van der Waals surface area (Å²) in [6.07, 6.45) is 1.96. The maximum atomic E-state index is 13.4. The molecule has 1 unspecified atom stereocenters. The van der Waals surface area contributed by atoms with Gasteiger partial charge in [0.05, 0.1) is 5.60 Å². The van der Waals surface area contributed by atoms with Crippen molar-refractivity contribution < 1.29 is 14.2 Å². The van der Waals surface area contributed by atoms with Crippen molar-refractivity contribution in [2.24, 2.45) is 0 Å². The van der Waals surface area contributed by atoms with Crippen LogP contribution < -0.4 is 5.32 Å². The van der Waals surface area contributed by atoms with E-state index < -0.39 is 11.4 Å². The van der Waals surface area contributed by atoms with Gasteiger partial charge in [-0.1, -0.05) is 0 Å². The van der Waals surface area contributed by atoms with E-state index in [1.165, 1.54) is 12.3 Å². The van der Waals surface area contributed by atoms with E-state index in [1.807, 2.05) is 0 Å². The zero-order chi connectivity index (χ0) is 12.9. The number of hydrogen-bond acceptors (Lipinski definition) is 4. The van der Waals surface area contributed by atoms with Crippen molar-refractivity contribution >= 4 is 21.7 Å². The van der Waals surface area contributed by atoms with Crippen molar-refractivity contribution in [2.45, 2.75) is 18.9 Å². The Labute approximate surface area is 108 Å². The predicted molar refractivity (Wildman–Crippen MR) is 67.5 cm³/mol. The minimum absolute atomic E-state index is 0.130. The number of anilines is 1. The first-order chi connectivity index (χ1) is 7.94. The summed E-state index contributed by atoms with van der Waals surface area (Å²) < 4.78 is 18.9. The van der Waals surface area contributed by atoms with E-state index in [-0.39, 0.29) is 12.4 Å². The number of ether oxygens (including phenoxy) is 1. The lowest BCUT2D eigenvalue weighted by atomic mass is 10.0. The van der Waals surface area contributed by atoms with Gasteiger partial charge in [0.1, 0.15) is 0 Å². The van der Waals surface area contributed by atoms with E-state index in [1.54, 1.807) is 14.0 Å². The third-order valence-electron chi connectivity index (χ3n) is 2.29. The number of aromatic nitrogens is 1. The molecule has 4 nitrogen and oxygen atoms in total. The minimum atomic E-state index is -0.961. The van der Waals surface area contributed by atoms with Crippen LogP contribution in [-0.4, -0.2) is 36.0 Å². The van der Waals surface area contributed by atoms with Gasteiger partial charge < -0.3 is 15.2 Å². The largest absolute Gasteiger partial charge is 0.388 e. The zero-order valence-electron chi connectivity index (χ0n) is 9.83. The average Bonchev–Trinajstić information content (AvgIpc) is 2.25. The van der Waals surface area contributed by atoms with Gasteiger partial charge in [-0.2, -0.15) is 0 Å². The predicted octanol–water partition coefficient (Wildman–Crippen LogP) is 2.18. The molecule has 0 aliphatic rings. The van der Waals surface area contributed by atoms with Crippen molar-refractivity contribution in [3.8, 4) is 0 Å². The molecule has 1 rings (SSSR count). The van der Waals surface area contributed by atoms with E-state index >= 15 is 0 Å². The van der Waals surface area contributed by atoms with Gasteiger partial charge in [-0.3, -0.25) is 0 Å². The van der Waals surface area contributed by atoms with Crippen LogP contribution in [0.5, 0.6) is 0 Å². The molecule has 6 heteroatoms. The molecule has 0 amide bonds. The first-order valence-electron chi connectivity index (χ1n) is 5.21. The molecular weight excluding hydrogens is 291 g/mol. The molecule has 2 N–H and O–H groups in total. The van der Waals surface area contributed by atoms with E-state index in [2.05, 4.69) is 26.2 Å². The molecule has 1 aromatic rings. The number of rotatable bonds is 6. The topological polar surface area (TPSA) is 54.4 Å². The smallest absolute Gasteiger partial charge is 0.166 e. The molecule has 96 valence electrons. The van der Waals surface area contributed by atoms with Gasteiger partial charge in [0, 0.05) is 37.4 Å². The minimum Gasteiger partial charge on any atom is -0.388 e. The highest BCUT2D eigenvalue weighted by molar-refractivity contribution is 9.10. The van der Waals surface area contributed by atoms with Gasteiger partial charge in [-0.05, 0) is 28.9 Å². The van der Waals surface area contributed by atoms with Gasteiger partial charge >= 0.3 is 0 Å². The Morgan fingerprint density at radius 2 is 2.35 bits per heavy atom. The summed E-state index contributed by atoms with van der Waals surface area (Å²) in [5, 5.41) is 12.7. The van der Waals surface area contributed by atoms with Crippen molar-refractivity contribution in [3.63, 3.8) is 0 Å². The first-order valence-corrected chi connectivity index (χ1v) is 6.00. The SMILES string of the molecule is COCCC(C)(O)CNc1ncc(Br)cc1F. The summed E-state index contributed by atoms with van der Waals surface area (Å²) in [6.45, 7) is 2.32. The summed E-state index contributed by atoms with van der Waals surface area (Å²) in [7, 11) is 1.57. The highest BCUT2D eigenvalue weighted by Gasteiger charge is 2.20. The van der Waals surface area contributed by atoms with Gasteiger partial charge in [-0.15, -0.1) is 0 Å². The number of aliphatic hydroxyl groups is 1. The van der Waals surface area contributed by atoms with Gasteiger partial charge in [0.15, 0.2) is 11.6 Å². The number of nitrogens with zero attached hydrogens (tertiary/aromatic N) is 1. The third kappa shape index (κ3) is 4.97. The maximum absolute atomic E-state index is 13.4. The molecule has 0 radical (unpaired) electrons. The number of pyridine rings is 1. The molecule has 0 aliphatic heterocycles. The molecule has 0 aromatic carbocycles. The number of nitrogens with one attached hydrogen (secondary N) is 1. The third-order valence-corrected chi connectivity index (χ3v) is 2.72. The Kier molecular flexibility index (Phi) is 5.30. The fourth-order valence-corrected chi connectivity index (χ4v) is 1.53. The Hall–Kier alpha value is -0.720. The van der Waals surface area contributed by atoms with E-state index in [0.717, 1.165) is 0 Å². The molecule has 1 aromatic heterocycles. The fraction of sp³-hybridized carbons (Fsp3) is 0.545. The van der Waals surface area contributed by atoms with Crippen molar-refractivity contribution in [1.29, 1.82) is 0 Å². The Balaban J connectivity index is 2.54. The van der Waals surface area contributed by atoms with Crippen LogP contribution in [0.3, 0.4) is 0 Å². The van der Waals surface area contributed by atoms with E-state index in [0.29, 0.717) is 17.5 Å².